The van der Waals surface area contributed by atoms with Crippen LogP contribution in [-0.2, 0) is 10.0 Å². The molecule has 0 amide bonds. The summed E-state index contributed by atoms with van der Waals surface area (Å²) in [5.41, 5.74) is -0.479. The van der Waals surface area contributed by atoms with Crippen LogP contribution in [0, 0.1) is 10.1 Å². The number of nitrogens with zero attached hydrogens (tertiary/aromatic N) is 3. The third-order valence-corrected chi connectivity index (χ3v) is 6.92. The van der Waals surface area contributed by atoms with Gasteiger partial charge in [0, 0.05) is 51.4 Å². The molecule has 1 atom stereocenters. The number of hydrogen-bond acceptors (Lipinski definition) is 6. The van der Waals surface area contributed by atoms with Crippen LogP contribution in [0.15, 0.2) is 23.1 Å². The first-order valence-corrected chi connectivity index (χ1v) is 9.61. The van der Waals surface area contributed by atoms with Crippen LogP contribution in [0.5, 0.6) is 0 Å². The third kappa shape index (κ3) is 3.27. The number of rotatable bonds is 4. The van der Waals surface area contributed by atoms with Crippen LogP contribution in [-0.4, -0.2) is 67.9 Å². The largest absolute Gasteiger partial charge is 0.314 e. The van der Waals surface area contributed by atoms with Crippen LogP contribution in [0.25, 0.3) is 0 Å². The fourth-order valence-electron chi connectivity index (χ4n) is 3.30. The lowest BCUT2D eigenvalue weighted by Gasteiger charge is -2.32. The Morgan fingerprint density at radius 3 is 2.62 bits per heavy atom. The molecule has 2 aliphatic heterocycles. The molecule has 8 nitrogen and oxygen atoms in total. The van der Waals surface area contributed by atoms with Crippen molar-refractivity contribution in [2.75, 3.05) is 39.3 Å². The molecule has 0 saturated carbocycles. The molecule has 24 heavy (non-hydrogen) atoms. The van der Waals surface area contributed by atoms with Gasteiger partial charge >= 0.3 is 0 Å². The lowest BCUT2D eigenvalue weighted by Crippen LogP contribution is -2.49. The number of hydrogen-bond donors (Lipinski definition) is 1. The summed E-state index contributed by atoms with van der Waals surface area (Å²) >= 11 is 5.99. The molecule has 2 heterocycles. The molecule has 1 unspecified atom stereocenters. The second-order valence-corrected chi connectivity index (χ2v) is 8.22. The molecule has 2 fully saturated rings. The third-order valence-electron chi connectivity index (χ3n) is 4.53. The molecule has 1 aromatic rings. The van der Waals surface area contributed by atoms with E-state index in [0.29, 0.717) is 13.1 Å². The minimum absolute atomic E-state index is 0.116. The molecule has 0 spiro atoms. The highest BCUT2D eigenvalue weighted by atomic mass is 35.5. The van der Waals surface area contributed by atoms with E-state index in [1.807, 2.05) is 0 Å². The lowest BCUT2D eigenvalue weighted by atomic mass is 10.2. The monoisotopic (exact) mass is 374 g/mol. The van der Waals surface area contributed by atoms with Gasteiger partial charge in [-0.15, -0.1) is 0 Å². The van der Waals surface area contributed by atoms with Crippen LogP contribution in [0.3, 0.4) is 0 Å². The first-order chi connectivity index (χ1) is 11.4. The van der Waals surface area contributed by atoms with E-state index in [1.54, 1.807) is 0 Å². The van der Waals surface area contributed by atoms with Gasteiger partial charge in [-0.25, -0.2) is 8.42 Å². The van der Waals surface area contributed by atoms with Gasteiger partial charge in [0.1, 0.15) is 0 Å². The molecule has 1 N–H and O–H groups in total. The fourth-order valence-corrected chi connectivity index (χ4v) is 5.46. The van der Waals surface area contributed by atoms with Crippen molar-refractivity contribution in [1.82, 2.24) is 14.5 Å². The number of sulfonamides is 1. The quantitative estimate of drug-likeness (QED) is 0.621. The summed E-state index contributed by atoms with van der Waals surface area (Å²) < 4.78 is 27.1. The molecule has 2 aliphatic rings. The minimum Gasteiger partial charge on any atom is -0.314 e. The maximum Gasteiger partial charge on any atom is 0.290 e. The van der Waals surface area contributed by atoms with E-state index in [1.165, 1.54) is 22.5 Å². The highest BCUT2D eigenvalue weighted by Gasteiger charge is 2.39. The normalized spacial score (nSPS) is 23.5. The van der Waals surface area contributed by atoms with Crippen LogP contribution < -0.4 is 5.32 Å². The van der Waals surface area contributed by atoms with Crippen molar-refractivity contribution < 1.29 is 13.3 Å². The summed E-state index contributed by atoms with van der Waals surface area (Å²) in [6.45, 7) is 4.22. The van der Waals surface area contributed by atoms with Crippen LogP contribution in [0.2, 0.25) is 5.02 Å². The minimum atomic E-state index is -4.00. The Labute approximate surface area is 145 Å². The van der Waals surface area contributed by atoms with E-state index in [4.69, 9.17) is 11.6 Å². The second kappa shape index (κ2) is 6.93. The van der Waals surface area contributed by atoms with Crippen molar-refractivity contribution in [3.63, 3.8) is 0 Å². The van der Waals surface area contributed by atoms with Crippen molar-refractivity contribution >= 4 is 27.3 Å². The summed E-state index contributed by atoms with van der Waals surface area (Å²) in [7, 11) is -4.00. The molecule has 2 saturated heterocycles. The molecule has 132 valence electrons. The van der Waals surface area contributed by atoms with Gasteiger partial charge in [-0.1, -0.05) is 17.7 Å². The van der Waals surface area contributed by atoms with Gasteiger partial charge in [0.2, 0.25) is 0 Å². The molecule has 10 heteroatoms. The Morgan fingerprint density at radius 1 is 1.25 bits per heavy atom. The van der Waals surface area contributed by atoms with E-state index in [9.17, 15) is 18.5 Å². The average Bonchev–Trinajstić information content (AvgIpc) is 3.06. The molecule has 0 bridgehead atoms. The SMILES string of the molecule is O=[N+]([O-])c1cccc(Cl)c1S(=O)(=O)N1CCC(N2CCNCC2)C1. The second-order valence-electron chi connectivity index (χ2n) is 5.94. The Kier molecular flexibility index (Phi) is 5.07. The summed E-state index contributed by atoms with van der Waals surface area (Å²) in [5.74, 6) is 0. The number of nitro benzene ring substituents is 1. The van der Waals surface area contributed by atoms with Crippen molar-refractivity contribution in [2.45, 2.75) is 17.4 Å². The molecular weight excluding hydrogens is 356 g/mol. The van der Waals surface area contributed by atoms with Gasteiger partial charge in [0.15, 0.2) is 4.90 Å². The van der Waals surface area contributed by atoms with Crippen molar-refractivity contribution in [2.24, 2.45) is 0 Å². The summed E-state index contributed by atoms with van der Waals surface area (Å²) in [4.78, 5) is 12.4. The summed E-state index contributed by atoms with van der Waals surface area (Å²) in [5, 5.41) is 14.3. The zero-order valence-corrected chi connectivity index (χ0v) is 14.6. The van der Waals surface area contributed by atoms with Gasteiger partial charge in [-0.3, -0.25) is 15.0 Å². The Hall–Kier alpha value is -1.26. The molecule has 3 rings (SSSR count). The highest BCUT2D eigenvalue weighted by molar-refractivity contribution is 7.89. The first kappa shape index (κ1) is 17.6. The predicted octanol–water partition coefficient (Wildman–Crippen LogP) is 0.916. The first-order valence-electron chi connectivity index (χ1n) is 7.79. The van der Waals surface area contributed by atoms with E-state index >= 15 is 0 Å². The zero-order valence-electron chi connectivity index (χ0n) is 13.0. The molecule has 0 aromatic heterocycles. The maximum atomic E-state index is 12.9. The number of halogens is 1. The van der Waals surface area contributed by atoms with Gasteiger partial charge in [0.25, 0.3) is 15.7 Å². The van der Waals surface area contributed by atoms with Gasteiger partial charge < -0.3 is 5.32 Å². The van der Waals surface area contributed by atoms with E-state index in [2.05, 4.69) is 10.2 Å². The topological polar surface area (TPSA) is 95.8 Å². The van der Waals surface area contributed by atoms with Crippen LogP contribution >= 0.6 is 11.6 Å². The number of nitrogens with one attached hydrogen (secondary N) is 1. The number of piperazine rings is 1. The van der Waals surface area contributed by atoms with E-state index in [-0.39, 0.29) is 11.1 Å². The summed E-state index contributed by atoms with van der Waals surface area (Å²) in [6.07, 6.45) is 0.720. The average molecular weight is 375 g/mol. The van der Waals surface area contributed by atoms with Gasteiger partial charge in [-0.2, -0.15) is 4.31 Å². The predicted molar refractivity (Wildman–Crippen MR) is 89.7 cm³/mol. The van der Waals surface area contributed by atoms with Crippen molar-refractivity contribution in [3.05, 3.63) is 33.3 Å². The summed E-state index contributed by atoms with van der Waals surface area (Å²) in [6, 6.07) is 4.06. The van der Waals surface area contributed by atoms with Crippen LogP contribution in [0.4, 0.5) is 5.69 Å². The fraction of sp³-hybridized carbons (Fsp3) is 0.571. The maximum absolute atomic E-state index is 12.9. The molecule has 0 aliphatic carbocycles. The van der Waals surface area contributed by atoms with Gasteiger partial charge in [0.05, 0.1) is 9.95 Å². The zero-order chi connectivity index (χ0) is 17.3. The lowest BCUT2D eigenvalue weighted by molar-refractivity contribution is -0.387. The highest BCUT2D eigenvalue weighted by Crippen LogP contribution is 2.34. The van der Waals surface area contributed by atoms with Crippen molar-refractivity contribution in [3.8, 4) is 0 Å². The Bertz CT molecular complexity index is 736. The Morgan fingerprint density at radius 2 is 1.96 bits per heavy atom. The molecular formula is C14H19ClN4O4S. The standard InChI is InChI=1S/C14H19ClN4O4S/c15-12-2-1-3-13(19(20)21)14(12)24(22,23)18-7-4-11(10-18)17-8-5-16-6-9-17/h1-3,11,16H,4-10H2. The Balaban J connectivity index is 1.86. The van der Waals surface area contributed by atoms with E-state index < -0.39 is 25.5 Å². The van der Waals surface area contributed by atoms with Crippen LogP contribution in [0.1, 0.15) is 6.42 Å². The smallest absolute Gasteiger partial charge is 0.290 e. The molecule has 0 radical (unpaired) electrons. The van der Waals surface area contributed by atoms with Gasteiger partial charge in [-0.05, 0) is 12.5 Å². The molecule has 1 aromatic carbocycles. The number of benzene rings is 1. The van der Waals surface area contributed by atoms with Crippen molar-refractivity contribution in [1.29, 1.82) is 0 Å². The van der Waals surface area contributed by atoms with E-state index in [0.717, 1.165) is 32.6 Å². The number of nitro groups is 1.